The van der Waals surface area contributed by atoms with Crippen LogP contribution in [0.15, 0.2) is 72.8 Å². The van der Waals surface area contributed by atoms with E-state index < -0.39 is 0 Å². The van der Waals surface area contributed by atoms with Gasteiger partial charge in [-0.2, -0.15) is 0 Å². The number of rotatable bonds is 5. The van der Waals surface area contributed by atoms with E-state index in [-0.39, 0.29) is 12.0 Å². The molecule has 28 heavy (non-hydrogen) atoms. The average Bonchev–Trinajstić information content (AvgIpc) is 3.08. The van der Waals surface area contributed by atoms with Crippen LogP contribution < -0.4 is 0 Å². The summed E-state index contributed by atoms with van der Waals surface area (Å²) in [5.74, 6) is -0.123. The van der Waals surface area contributed by atoms with E-state index in [9.17, 15) is 4.39 Å². The Kier molecular flexibility index (Phi) is 5.56. The van der Waals surface area contributed by atoms with Crippen molar-refractivity contribution in [1.82, 2.24) is 9.80 Å². The molecule has 1 heterocycles. The molecular formula is C25H27FN2. The van der Waals surface area contributed by atoms with Crippen molar-refractivity contribution >= 4 is 0 Å². The Balaban J connectivity index is 1.61. The molecule has 3 aromatic rings. The van der Waals surface area contributed by atoms with Crippen molar-refractivity contribution in [1.29, 1.82) is 0 Å². The van der Waals surface area contributed by atoms with E-state index in [1.165, 1.54) is 22.3 Å². The van der Waals surface area contributed by atoms with Crippen molar-refractivity contribution in [3.63, 3.8) is 0 Å². The smallest absolute Gasteiger partial charge is 0.127 e. The summed E-state index contributed by atoms with van der Waals surface area (Å²) < 4.78 is 14.3. The highest BCUT2D eigenvalue weighted by molar-refractivity contribution is 5.27. The Bertz CT molecular complexity index is 918. The fourth-order valence-electron chi connectivity index (χ4n) is 4.00. The highest BCUT2D eigenvalue weighted by Crippen LogP contribution is 2.33. The molecule has 1 unspecified atom stereocenters. The van der Waals surface area contributed by atoms with E-state index in [0.717, 1.165) is 25.2 Å². The van der Waals surface area contributed by atoms with Gasteiger partial charge in [-0.3, -0.25) is 9.80 Å². The van der Waals surface area contributed by atoms with Gasteiger partial charge in [-0.05, 0) is 31.0 Å². The third kappa shape index (κ3) is 4.16. The van der Waals surface area contributed by atoms with Gasteiger partial charge >= 0.3 is 0 Å². The maximum absolute atomic E-state index is 14.3. The summed E-state index contributed by atoms with van der Waals surface area (Å²) in [5, 5.41) is 0. The van der Waals surface area contributed by atoms with Crippen LogP contribution in [0.3, 0.4) is 0 Å². The summed E-state index contributed by atoms with van der Waals surface area (Å²) >= 11 is 0. The lowest BCUT2D eigenvalue weighted by atomic mass is 10.1. The van der Waals surface area contributed by atoms with Gasteiger partial charge < -0.3 is 0 Å². The van der Waals surface area contributed by atoms with Crippen LogP contribution in [0.4, 0.5) is 4.39 Å². The molecule has 1 aliphatic rings. The number of hydrogen-bond donors (Lipinski definition) is 0. The third-order valence-corrected chi connectivity index (χ3v) is 5.58. The molecule has 3 heteroatoms. The number of aryl methyl sites for hydroxylation is 2. The predicted molar refractivity (Wildman–Crippen MR) is 112 cm³/mol. The molecule has 1 fully saturated rings. The zero-order chi connectivity index (χ0) is 19.5. The molecule has 0 spiro atoms. The van der Waals surface area contributed by atoms with E-state index in [2.05, 4.69) is 72.2 Å². The van der Waals surface area contributed by atoms with Crippen molar-refractivity contribution < 1.29 is 4.39 Å². The average molecular weight is 375 g/mol. The van der Waals surface area contributed by atoms with Crippen LogP contribution in [0.5, 0.6) is 0 Å². The molecule has 1 aliphatic heterocycles. The van der Waals surface area contributed by atoms with Gasteiger partial charge in [-0.15, -0.1) is 0 Å². The molecule has 0 N–H and O–H groups in total. The largest absolute Gasteiger partial charge is 0.279 e. The Labute approximate surface area is 167 Å². The van der Waals surface area contributed by atoms with Crippen molar-refractivity contribution in [2.24, 2.45) is 0 Å². The van der Waals surface area contributed by atoms with Crippen LogP contribution in [0.2, 0.25) is 0 Å². The van der Waals surface area contributed by atoms with Crippen molar-refractivity contribution in [3.8, 4) is 0 Å². The maximum atomic E-state index is 14.3. The van der Waals surface area contributed by atoms with E-state index in [0.29, 0.717) is 6.54 Å². The molecule has 0 saturated carbocycles. The number of nitrogens with zero attached hydrogens (tertiary/aromatic N) is 2. The zero-order valence-electron chi connectivity index (χ0n) is 16.6. The Morgan fingerprint density at radius 2 is 1.32 bits per heavy atom. The lowest BCUT2D eigenvalue weighted by Crippen LogP contribution is -2.30. The molecule has 0 bridgehead atoms. The molecule has 2 nitrogen and oxygen atoms in total. The molecule has 0 aromatic heterocycles. The normalized spacial score (nSPS) is 17.9. The second-order valence-electron chi connectivity index (χ2n) is 7.80. The highest BCUT2D eigenvalue weighted by atomic mass is 19.1. The van der Waals surface area contributed by atoms with Gasteiger partial charge in [0.15, 0.2) is 0 Å². The lowest BCUT2D eigenvalue weighted by Gasteiger charge is -2.31. The minimum Gasteiger partial charge on any atom is -0.279 e. The standard InChI is InChI=1S/C25H27FN2/c1-19-7-11-21(12-8-19)17-27-15-16-28(18-23-5-3-4-6-24(23)26)25(27)22-13-9-20(2)10-14-22/h3-14,25H,15-18H2,1-2H3. The molecule has 3 aromatic carbocycles. The van der Waals surface area contributed by atoms with Crippen molar-refractivity contribution in [2.45, 2.75) is 33.1 Å². The number of halogens is 1. The van der Waals surface area contributed by atoms with Gasteiger partial charge in [0.05, 0.1) is 6.17 Å². The Hall–Kier alpha value is -2.49. The van der Waals surface area contributed by atoms with E-state index in [4.69, 9.17) is 0 Å². The summed E-state index contributed by atoms with van der Waals surface area (Å²) in [6.07, 6.45) is 0.154. The van der Waals surface area contributed by atoms with Gasteiger partial charge in [0.25, 0.3) is 0 Å². The summed E-state index contributed by atoms with van der Waals surface area (Å²) in [7, 11) is 0. The molecule has 4 rings (SSSR count). The number of benzene rings is 3. The van der Waals surface area contributed by atoms with E-state index in [1.807, 2.05) is 12.1 Å². The lowest BCUT2D eigenvalue weighted by molar-refractivity contribution is 0.125. The van der Waals surface area contributed by atoms with Crippen LogP contribution in [0.1, 0.15) is 34.0 Å². The van der Waals surface area contributed by atoms with Gasteiger partial charge in [0.2, 0.25) is 0 Å². The van der Waals surface area contributed by atoms with Crippen molar-refractivity contribution in [3.05, 3.63) is 106 Å². The van der Waals surface area contributed by atoms with Gasteiger partial charge in [0, 0.05) is 31.7 Å². The zero-order valence-corrected chi connectivity index (χ0v) is 16.6. The predicted octanol–water partition coefficient (Wildman–Crippen LogP) is 5.46. The van der Waals surface area contributed by atoms with E-state index in [1.54, 1.807) is 12.1 Å². The molecule has 1 saturated heterocycles. The SMILES string of the molecule is Cc1ccc(CN2CCN(Cc3ccccc3F)C2c2ccc(C)cc2)cc1. The molecule has 144 valence electrons. The Morgan fingerprint density at radius 1 is 0.750 bits per heavy atom. The second-order valence-corrected chi connectivity index (χ2v) is 7.80. The summed E-state index contributed by atoms with van der Waals surface area (Å²) in [4.78, 5) is 4.88. The molecule has 0 radical (unpaired) electrons. The first-order valence-corrected chi connectivity index (χ1v) is 9.94. The minimum absolute atomic E-state index is 0.123. The van der Waals surface area contributed by atoms with Crippen LogP contribution in [0.25, 0.3) is 0 Å². The quantitative estimate of drug-likeness (QED) is 0.585. The fraction of sp³-hybridized carbons (Fsp3) is 0.280. The molecular weight excluding hydrogens is 347 g/mol. The van der Waals surface area contributed by atoms with Gasteiger partial charge in [0.1, 0.15) is 5.82 Å². The fourth-order valence-corrected chi connectivity index (χ4v) is 4.00. The summed E-state index contributed by atoms with van der Waals surface area (Å²) in [6.45, 7) is 7.65. The first-order chi connectivity index (χ1) is 13.6. The van der Waals surface area contributed by atoms with Crippen LogP contribution in [0, 0.1) is 19.7 Å². The monoisotopic (exact) mass is 374 g/mol. The first kappa shape index (κ1) is 18.9. The maximum Gasteiger partial charge on any atom is 0.127 e. The van der Waals surface area contributed by atoms with Gasteiger partial charge in [-0.1, -0.05) is 77.9 Å². The first-order valence-electron chi connectivity index (χ1n) is 9.94. The third-order valence-electron chi connectivity index (χ3n) is 5.58. The van der Waals surface area contributed by atoms with E-state index >= 15 is 0 Å². The van der Waals surface area contributed by atoms with Crippen molar-refractivity contribution in [2.75, 3.05) is 13.1 Å². The minimum atomic E-state index is -0.123. The van der Waals surface area contributed by atoms with Crippen LogP contribution in [-0.2, 0) is 13.1 Å². The van der Waals surface area contributed by atoms with Gasteiger partial charge in [-0.25, -0.2) is 4.39 Å². The number of hydrogen-bond acceptors (Lipinski definition) is 2. The topological polar surface area (TPSA) is 6.48 Å². The molecule has 0 aliphatic carbocycles. The molecule has 1 atom stereocenters. The molecule has 0 amide bonds. The summed E-state index contributed by atoms with van der Waals surface area (Å²) in [5.41, 5.74) is 5.88. The van der Waals surface area contributed by atoms with Crippen LogP contribution >= 0.6 is 0 Å². The van der Waals surface area contributed by atoms with Crippen LogP contribution in [-0.4, -0.2) is 22.9 Å². The second kappa shape index (κ2) is 8.26. The Morgan fingerprint density at radius 3 is 1.96 bits per heavy atom. The summed E-state index contributed by atoms with van der Waals surface area (Å²) in [6, 6.07) is 24.6. The highest BCUT2D eigenvalue weighted by Gasteiger charge is 2.33.